The van der Waals surface area contributed by atoms with Crippen molar-refractivity contribution in [1.82, 2.24) is 20.5 Å². The molecule has 1 heterocycles. The van der Waals surface area contributed by atoms with E-state index < -0.39 is 0 Å². The number of aryl methyl sites for hydroxylation is 1. The van der Waals surface area contributed by atoms with Gasteiger partial charge < -0.3 is 10.6 Å². The smallest absolute Gasteiger partial charge is 0.228 e. The van der Waals surface area contributed by atoms with Gasteiger partial charge in [0.05, 0.1) is 13.0 Å². The van der Waals surface area contributed by atoms with Gasteiger partial charge in [-0.15, -0.1) is 0 Å². The van der Waals surface area contributed by atoms with E-state index in [4.69, 9.17) is 0 Å². The lowest BCUT2D eigenvalue weighted by atomic mass is 10.1. The van der Waals surface area contributed by atoms with Gasteiger partial charge in [-0.25, -0.2) is 4.98 Å². The Morgan fingerprint density at radius 1 is 1.23 bits per heavy atom. The zero-order valence-electron chi connectivity index (χ0n) is 13.5. The number of amides is 1. The van der Waals surface area contributed by atoms with Gasteiger partial charge in [0.15, 0.2) is 5.82 Å². The van der Waals surface area contributed by atoms with E-state index in [9.17, 15) is 4.79 Å². The highest BCUT2D eigenvalue weighted by Crippen LogP contribution is 2.09. The molecular formula is C16H23N5O. The summed E-state index contributed by atoms with van der Waals surface area (Å²) in [7, 11) is 0. The SMILES string of the molecule is Cc1ccc(NCc2nc(CC(=O)NC(C)(C)C)n[nH]2)cc1. The van der Waals surface area contributed by atoms with E-state index in [2.05, 4.69) is 32.7 Å². The number of aromatic amines is 1. The Bertz CT molecular complexity index is 625. The molecule has 118 valence electrons. The first-order chi connectivity index (χ1) is 10.3. The number of H-pyrrole nitrogens is 1. The van der Waals surface area contributed by atoms with Crippen LogP contribution in [0.1, 0.15) is 38.0 Å². The molecule has 2 aromatic rings. The summed E-state index contributed by atoms with van der Waals surface area (Å²) in [6.07, 6.45) is 0.179. The van der Waals surface area contributed by atoms with Gasteiger partial charge >= 0.3 is 0 Å². The first-order valence-electron chi connectivity index (χ1n) is 7.33. The molecule has 0 unspecified atom stereocenters. The van der Waals surface area contributed by atoms with E-state index in [1.165, 1.54) is 5.56 Å². The van der Waals surface area contributed by atoms with Gasteiger partial charge in [-0.1, -0.05) is 17.7 Å². The van der Waals surface area contributed by atoms with E-state index in [-0.39, 0.29) is 17.9 Å². The second-order valence-electron chi connectivity index (χ2n) is 6.39. The minimum absolute atomic E-state index is 0.0791. The van der Waals surface area contributed by atoms with Crippen molar-refractivity contribution in [1.29, 1.82) is 0 Å². The predicted molar refractivity (Wildman–Crippen MR) is 86.5 cm³/mol. The molecule has 0 bridgehead atoms. The van der Waals surface area contributed by atoms with Crippen molar-refractivity contribution in [3.8, 4) is 0 Å². The molecule has 0 atom stereocenters. The first kappa shape index (κ1) is 16.0. The fraction of sp³-hybridized carbons (Fsp3) is 0.438. The normalized spacial score (nSPS) is 11.3. The Balaban J connectivity index is 1.86. The van der Waals surface area contributed by atoms with Crippen LogP contribution in [0.4, 0.5) is 5.69 Å². The molecule has 1 aromatic heterocycles. The average Bonchev–Trinajstić information content (AvgIpc) is 2.83. The van der Waals surface area contributed by atoms with Crippen LogP contribution in [-0.2, 0) is 17.8 Å². The third-order valence-electron chi connectivity index (χ3n) is 2.92. The van der Waals surface area contributed by atoms with Gasteiger partial charge in [-0.05, 0) is 39.8 Å². The van der Waals surface area contributed by atoms with Gasteiger partial charge in [0, 0.05) is 11.2 Å². The minimum Gasteiger partial charge on any atom is -0.378 e. The largest absolute Gasteiger partial charge is 0.378 e. The maximum Gasteiger partial charge on any atom is 0.228 e. The molecule has 0 saturated carbocycles. The van der Waals surface area contributed by atoms with Crippen LogP contribution in [0.3, 0.4) is 0 Å². The second kappa shape index (κ2) is 6.60. The van der Waals surface area contributed by atoms with Gasteiger partial charge in [0.1, 0.15) is 5.82 Å². The molecule has 1 aromatic carbocycles. The van der Waals surface area contributed by atoms with Crippen molar-refractivity contribution in [2.24, 2.45) is 0 Å². The Kier molecular flexibility index (Phi) is 4.80. The summed E-state index contributed by atoms with van der Waals surface area (Å²) in [6, 6.07) is 8.13. The number of nitrogens with one attached hydrogen (secondary N) is 3. The zero-order chi connectivity index (χ0) is 16.2. The molecule has 0 aliphatic carbocycles. The fourth-order valence-electron chi connectivity index (χ4n) is 1.96. The summed E-state index contributed by atoms with van der Waals surface area (Å²) in [5, 5.41) is 13.1. The number of carbonyl (C=O) groups excluding carboxylic acids is 1. The Labute approximate surface area is 130 Å². The number of carbonyl (C=O) groups is 1. The third-order valence-corrected chi connectivity index (χ3v) is 2.92. The van der Waals surface area contributed by atoms with Crippen molar-refractivity contribution >= 4 is 11.6 Å². The third kappa shape index (κ3) is 5.20. The molecular weight excluding hydrogens is 278 g/mol. The minimum atomic E-state index is -0.247. The number of aromatic nitrogens is 3. The summed E-state index contributed by atoms with van der Waals surface area (Å²) in [5.41, 5.74) is 2.00. The van der Waals surface area contributed by atoms with E-state index in [0.717, 1.165) is 5.69 Å². The molecule has 2 rings (SSSR count). The number of rotatable bonds is 5. The molecule has 0 saturated heterocycles. The zero-order valence-corrected chi connectivity index (χ0v) is 13.5. The molecule has 0 radical (unpaired) electrons. The van der Waals surface area contributed by atoms with Crippen LogP contribution in [0.2, 0.25) is 0 Å². The van der Waals surface area contributed by atoms with Crippen molar-refractivity contribution < 1.29 is 4.79 Å². The molecule has 0 spiro atoms. The number of nitrogens with zero attached hydrogens (tertiary/aromatic N) is 2. The number of hydrogen-bond acceptors (Lipinski definition) is 4. The quantitative estimate of drug-likeness (QED) is 0.790. The highest BCUT2D eigenvalue weighted by Gasteiger charge is 2.15. The van der Waals surface area contributed by atoms with Gasteiger partial charge in [0.25, 0.3) is 0 Å². The second-order valence-corrected chi connectivity index (χ2v) is 6.39. The lowest BCUT2D eigenvalue weighted by Gasteiger charge is -2.19. The summed E-state index contributed by atoms with van der Waals surface area (Å²) >= 11 is 0. The maximum absolute atomic E-state index is 11.8. The molecule has 0 fully saturated rings. The lowest BCUT2D eigenvalue weighted by molar-refractivity contribution is -0.121. The summed E-state index contributed by atoms with van der Waals surface area (Å²) in [6.45, 7) is 8.42. The molecule has 0 aliphatic heterocycles. The molecule has 22 heavy (non-hydrogen) atoms. The summed E-state index contributed by atoms with van der Waals surface area (Å²) in [5.74, 6) is 1.13. The Morgan fingerprint density at radius 3 is 2.55 bits per heavy atom. The van der Waals surface area contributed by atoms with E-state index in [1.54, 1.807) is 0 Å². The predicted octanol–water partition coefficient (Wildman–Crippen LogP) is 2.18. The topological polar surface area (TPSA) is 82.7 Å². The summed E-state index contributed by atoms with van der Waals surface area (Å²) < 4.78 is 0. The average molecular weight is 301 g/mol. The lowest BCUT2D eigenvalue weighted by Crippen LogP contribution is -2.41. The van der Waals surface area contributed by atoms with Crippen molar-refractivity contribution in [3.05, 3.63) is 41.5 Å². The van der Waals surface area contributed by atoms with Crippen LogP contribution >= 0.6 is 0 Å². The monoisotopic (exact) mass is 301 g/mol. The first-order valence-corrected chi connectivity index (χ1v) is 7.33. The van der Waals surface area contributed by atoms with Crippen LogP contribution in [0, 0.1) is 6.92 Å². The van der Waals surface area contributed by atoms with E-state index >= 15 is 0 Å². The van der Waals surface area contributed by atoms with Crippen LogP contribution in [-0.4, -0.2) is 26.6 Å². The number of benzene rings is 1. The van der Waals surface area contributed by atoms with Crippen molar-refractivity contribution in [2.75, 3.05) is 5.32 Å². The summed E-state index contributed by atoms with van der Waals surface area (Å²) in [4.78, 5) is 16.2. The van der Waals surface area contributed by atoms with E-state index in [0.29, 0.717) is 18.2 Å². The number of anilines is 1. The molecule has 3 N–H and O–H groups in total. The Hall–Kier alpha value is -2.37. The molecule has 0 aliphatic rings. The molecule has 6 heteroatoms. The van der Waals surface area contributed by atoms with Crippen molar-refractivity contribution in [3.63, 3.8) is 0 Å². The standard InChI is InChI=1S/C16H23N5O/c1-11-5-7-12(8-6-11)17-10-14-18-13(20-21-14)9-15(22)19-16(2,3)4/h5-8,17H,9-10H2,1-4H3,(H,19,22)(H,18,20,21). The highest BCUT2D eigenvalue weighted by molar-refractivity contribution is 5.78. The maximum atomic E-state index is 11.8. The Morgan fingerprint density at radius 2 is 1.91 bits per heavy atom. The number of hydrogen-bond donors (Lipinski definition) is 3. The molecule has 6 nitrogen and oxygen atoms in total. The van der Waals surface area contributed by atoms with Crippen LogP contribution in [0.15, 0.2) is 24.3 Å². The van der Waals surface area contributed by atoms with Crippen LogP contribution in [0.25, 0.3) is 0 Å². The van der Waals surface area contributed by atoms with Gasteiger partial charge in [-0.2, -0.15) is 5.10 Å². The van der Waals surface area contributed by atoms with E-state index in [1.807, 2.05) is 45.0 Å². The molecule has 1 amide bonds. The van der Waals surface area contributed by atoms with Gasteiger partial charge in [-0.3, -0.25) is 9.89 Å². The van der Waals surface area contributed by atoms with Gasteiger partial charge in [0.2, 0.25) is 5.91 Å². The van der Waals surface area contributed by atoms with Crippen LogP contribution < -0.4 is 10.6 Å². The van der Waals surface area contributed by atoms with Crippen molar-refractivity contribution in [2.45, 2.75) is 46.2 Å². The fourth-order valence-corrected chi connectivity index (χ4v) is 1.96. The van der Waals surface area contributed by atoms with Crippen LogP contribution in [0.5, 0.6) is 0 Å². The highest BCUT2D eigenvalue weighted by atomic mass is 16.1.